The Kier molecular flexibility index (Phi) is 3.65. The smallest absolute Gasteiger partial charge is 0.256 e. The van der Waals surface area contributed by atoms with Gasteiger partial charge in [0.2, 0.25) is 0 Å². The molecular weight excluding hydrogens is 324 g/mol. The Bertz CT molecular complexity index is 923. The third kappa shape index (κ3) is 2.88. The fraction of sp³-hybridized carbons (Fsp3) is 0. The van der Waals surface area contributed by atoms with Gasteiger partial charge in [-0.2, -0.15) is 11.3 Å². The maximum Gasteiger partial charge on any atom is 0.256 e. The standard InChI is InChI=1S/C18H12N2OS2/c21-17(13-9-10-22-11-13)19-14-7-5-12(6-8-14)18-20-15-3-1-2-4-16(15)23-18/h1-11H,(H,19,21). The maximum atomic E-state index is 12.0. The number of hydrogen-bond acceptors (Lipinski definition) is 4. The predicted octanol–water partition coefficient (Wildman–Crippen LogP) is 5.28. The highest BCUT2D eigenvalue weighted by molar-refractivity contribution is 7.21. The SMILES string of the molecule is O=C(Nc1ccc(-c2nc3ccccc3s2)cc1)c1ccsc1. The minimum atomic E-state index is -0.0843. The summed E-state index contributed by atoms with van der Waals surface area (Å²) in [4.78, 5) is 16.7. The normalized spacial score (nSPS) is 10.8. The number of rotatable bonds is 3. The summed E-state index contributed by atoms with van der Waals surface area (Å²) in [5, 5.41) is 7.62. The van der Waals surface area contributed by atoms with E-state index in [0.717, 1.165) is 21.8 Å². The van der Waals surface area contributed by atoms with Crippen molar-refractivity contribution in [3.05, 3.63) is 70.9 Å². The quantitative estimate of drug-likeness (QED) is 0.553. The highest BCUT2D eigenvalue weighted by atomic mass is 32.1. The van der Waals surface area contributed by atoms with E-state index in [4.69, 9.17) is 0 Å². The Morgan fingerprint density at radius 2 is 1.83 bits per heavy atom. The summed E-state index contributed by atoms with van der Waals surface area (Å²) in [6, 6.07) is 17.7. The molecule has 0 atom stereocenters. The van der Waals surface area contributed by atoms with E-state index in [0.29, 0.717) is 5.56 Å². The van der Waals surface area contributed by atoms with Crippen LogP contribution in [0.25, 0.3) is 20.8 Å². The van der Waals surface area contributed by atoms with Crippen LogP contribution in [0.5, 0.6) is 0 Å². The zero-order chi connectivity index (χ0) is 15.6. The van der Waals surface area contributed by atoms with E-state index in [9.17, 15) is 4.79 Å². The molecule has 0 aliphatic rings. The van der Waals surface area contributed by atoms with Crippen molar-refractivity contribution in [3.8, 4) is 10.6 Å². The number of carbonyl (C=O) groups is 1. The number of amides is 1. The van der Waals surface area contributed by atoms with Gasteiger partial charge in [-0.3, -0.25) is 4.79 Å². The van der Waals surface area contributed by atoms with Gasteiger partial charge >= 0.3 is 0 Å². The highest BCUT2D eigenvalue weighted by Gasteiger charge is 2.08. The van der Waals surface area contributed by atoms with E-state index in [1.807, 2.05) is 59.3 Å². The molecule has 5 heteroatoms. The number of carbonyl (C=O) groups excluding carboxylic acids is 1. The van der Waals surface area contributed by atoms with Crippen LogP contribution in [0.15, 0.2) is 65.4 Å². The first kappa shape index (κ1) is 14.1. The van der Waals surface area contributed by atoms with Crippen LogP contribution >= 0.6 is 22.7 Å². The van der Waals surface area contributed by atoms with Crippen molar-refractivity contribution in [1.82, 2.24) is 4.98 Å². The molecule has 0 bridgehead atoms. The van der Waals surface area contributed by atoms with Gasteiger partial charge in [0.25, 0.3) is 5.91 Å². The molecule has 1 amide bonds. The van der Waals surface area contributed by atoms with Gasteiger partial charge in [-0.15, -0.1) is 11.3 Å². The lowest BCUT2D eigenvalue weighted by molar-refractivity contribution is 0.102. The average Bonchev–Trinajstić information content (AvgIpc) is 3.25. The molecule has 4 rings (SSSR count). The average molecular weight is 336 g/mol. The van der Waals surface area contributed by atoms with E-state index < -0.39 is 0 Å². The van der Waals surface area contributed by atoms with Gasteiger partial charge < -0.3 is 5.32 Å². The number of thiazole rings is 1. The van der Waals surface area contributed by atoms with Crippen molar-refractivity contribution in [2.24, 2.45) is 0 Å². The number of fused-ring (bicyclic) bond motifs is 1. The zero-order valence-electron chi connectivity index (χ0n) is 12.0. The molecule has 1 N–H and O–H groups in total. The minimum absolute atomic E-state index is 0.0843. The molecule has 0 aliphatic heterocycles. The van der Waals surface area contributed by atoms with Crippen molar-refractivity contribution in [3.63, 3.8) is 0 Å². The summed E-state index contributed by atoms with van der Waals surface area (Å²) in [6.45, 7) is 0. The molecule has 0 unspecified atom stereocenters. The van der Waals surface area contributed by atoms with Crippen LogP contribution in [0.2, 0.25) is 0 Å². The van der Waals surface area contributed by atoms with Crippen molar-refractivity contribution >= 4 is 44.5 Å². The van der Waals surface area contributed by atoms with Crippen molar-refractivity contribution in [1.29, 1.82) is 0 Å². The molecule has 23 heavy (non-hydrogen) atoms. The molecule has 0 aliphatic carbocycles. The molecule has 0 saturated carbocycles. The summed E-state index contributed by atoms with van der Waals surface area (Å²) < 4.78 is 1.18. The van der Waals surface area contributed by atoms with Crippen molar-refractivity contribution < 1.29 is 4.79 Å². The van der Waals surface area contributed by atoms with Crippen LogP contribution in [0.1, 0.15) is 10.4 Å². The summed E-state index contributed by atoms with van der Waals surface area (Å²) in [5.41, 5.74) is 3.54. The Hall–Kier alpha value is -2.50. The minimum Gasteiger partial charge on any atom is -0.322 e. The van der Waals surface area contributed by atoms with Crippen LogP contribution < -0.4 is 5.32 Å². The van der Waals surface area contributed by atoms with Gasteiger partial charge in [-0.25, -0.2) is 4.98 Å². The van der Waals surface area contributed by atoms with E-state index in [1.54, 1.807) is 11.3 Å². The van der Waals surface area contributed by atoms with Gasteiger partial charge in [-0.1, -0.05) is 12.1 Å². The maximum absolute atomic E-state index is 12.0. The number of para-hydroxylation sites is 1. The Morgan fingerprint density at radius 1 is 1.00 bits per heavy atom. The molecule has 2 aromatic carbocycles. The number of benzene rings is 2. The summed E-state index contributed by atoms with van der Waals surface area (Å²) in [7, 11) is 0. The van der Waals surface area contributed by atoms with Gasteiger partial charge in [0.1, 0.15) is 5.01 Å². The third-order valence-corrected chi connectivity index (χ3v) is 5.24. The molecule has 0 radical (unpaired) electrons. The van der Waals surface area contributed by atoms with E-state index in [2.05, 4.69) is 16.4 Å². The molecular formula is C18H12N2OS2. The second-order valence-electron chi connectivity index (χ2n) is 5.03. The molecule has 4 aromatic rings. The molecule has 0 fully saturated rings. The number of nitrogens with one attached hydrogen (secondary N) is 1. The first-order valence-corrected chi connectivity index (χ1v) is 8.85. The van der Waals surface area contributed by atoms with Crippen molar-refractivity contribution in [2.45, 2.75) is 0 Å². The Labute approximate surface area is 141 Å². The lowest BCUT2D eigenvalue weighted by atomic mass is 10.2. The molecule has 2 heterocycles. The van der Waals surface area contributed by atoms with E-state index >= 15 is 0 Å². The molecule has 3 nitrogen and oxygen atoms in total. The van der Waals surface area contributed by atoms with Gasteiger partial charge in [0.15, 0.2) is 0 Å². The fourth-order valence-electron chi connectivity index (χ4n) is 2.29. The summed E-state index contributed by atoms with van der Waals surface area (Å²) in [6.07, 6.45) is 0. The zero-order valence-corrected chi connectivity index (χ0v) is 13.7. The van der Waals surface area contributed by atoms with Crippen molar-refractivity contribution in [2.75, 3.05) is 5.32 Å². The van der Waals surface area contributed by atoms with Crippen LogP contribution in [-0.4, -0.2) is 10.9 Å². The van der Waals surface area contributed by atoms with Gasteiger partial charge in [0, 0.05) is 16.6 Å². The number of hydrogen-bond donors (Lipinski definition) is 1. The molecule has 112 valence electrons. The number of aromatic nitrogens is 1. The Balaban J connectivity index is 1.57. The molecule has 0 saturated heterocycles. The molecule has 0 spiro atoms. The third-order valence-electron chi connectivity index (χ3n) is 3.47. The molecule has 2 aromatic heterocycles. The Morgan fingerprint density at radius 3 is 2.57 bits per heavy atom. The first-order valence-electron chi connectivity index (χ1n) is 7.09. The second-order valence-corrected chi connectivity index (χ2v) is 6.84. The van der Waals surface area contributed by atoms with Crippen LogP contribution in [0.3, 0.4) is 0 Å². The lowest BCUT2D eigenvalue weighted by Crippen LogP contribution is -2.10. The topological polar surface area (TPSA) is 42.0 Å². The van der Waals surface area contributed by atoms with Gasteiger partial charge in [0.05, 0.1) is 15.8 Å². The number of anilines is 1. The summed E-state index contributed by atoms with van der Waals surface area (Å²) in [5.74, 6) is -0.0843. The number of thiophene rings is 1. The monoisotopic (exact) mass is 336 g/mol. The number of nitrogens with zero attached hydrogens (tertiary/aromatic N) is 1. The lowest BCUT2D eigenvalue weighted by Gasteiger charge is -2.04. The van der Waals surface area contributed by atoms with Crippen LogP contribution in [0.4, 0.5) is 5.69 Å². The predicted molar refractivity (Wildman–Crippen MR) is 97.3 cm³/mol. The van der Waals surface area contributed by atoms with Crippen LogP contribution in [-0.2, 0) is 0 Å². The first-order chi connectivity index (χ1) is 11.3. The highest BCUT2D eigenvalue weighted by Crippen LogP contribution is 2.30. The fourth-order valence-corrected chi connectivity index (χ4v) is 3.90. The van der Waals surface area contributed by atoms with E-state index in [1.165, 1.54) is 16.0 Å². The van der Waals surface area contributed by atoms with Gasteiger partial charge in [-0.05, 0) is 47.8 Å². The summed E-state index contributed by atoms with van der Waals surface area (Å²) >= 11 is 3.18. The van der Waals surface area contributed by atoms with E-state index in [-0.39, 0.29) is 5.91 Å². The largest absolute Gasteiger partial charge is 0.322 e. The van der Waals surface area contributed by atoms with Crippen LogP contribution in [0, 0.1) is 0 Å². The second kappa shape index (κ2) is 5.95.